The van der Waals surface area contributed by atoms with E-state index >= 15 is 0 Å². The first kappa shape index (κ1) is 16.0. The molecular weight excluding hydrogens is 256 g/mol. The summed E-state index contributed by atoms with van der Waals surface area (Å²) in [5, 5.41) is 8.42. The molecule has 2 heterocycles. The minimum absolute atomic E-state index is 0.232. The number of epoxide rings is 2. The zero-order chi connectivity index (χ0) is 13.2. The van der Waals surface area contributed by atoms with Gasteiger partial charge in [-0.25, -0.2) is 0 Å². The number of ether oxygens (including phenoxy) is 3. The van der Waals surface area contributed by atoms with E-state index < -0.39 is 9.28 Å². The normalized spacial score (nSPS) is 24.7. The molecule has 2 atom stereocenters. The molecule has 2 saturated heterocycles. The molecule has 0 radical (unpaired) electrons. The highest BCUT2D eigenvalue weighted by Gasteiger charge is 2.26. The van der Waals surface area contributed by atoms with Gasteiger partial charge in [-0.1, -0.05) is 0 Å². The largest absolute Gasteiger partial charge is 0.400 e. The number of hydrogen-bond acceptors (Lipinski definition) is 6. The molecule has 0 amide bonds. The highest BCUT2D eigenvalue weighted by atomic mass is 28.3. The Hall–Kier alpha value is -0.0231. The Morgan fingerprint density at radius 2 is 1.61 bits per heavy atom. The first-order valence-electron chi connectivity index (χ1n) is 6.27. The molecule has 18 heavy (non-hydrogen) atoms. The molecule has 0 saturated carbocycles. The van der Waals surface area contributed by atoms with Gasteiger partial charge in [-0.05, 0) is 12.5 Å². The molecule has 0 aromatic heterocycles. The highest BCUT2D eigenvalue weighted by molar-refractivity contribution is 6.44. The molecule has 2 fully saturated rings. The van der Waals surface area contributed by atoms with Gasteiger partial charge in [0.05, 0.1) is 26.4 Å². The van der Waals surface area contributed by atoms with E-state index in [2.05, 4.69) is 0 Å². The second-order valence-corrected chi connectivity index (χ2v) is 6.59. The lowest BCUT2D eigenvalue weighted by Crippen LogP contribution is -2.18. The Kier molecular flexibility index (Phi) is 8.77. The molecule has 7 heteroatoms. The summed E-state index contributed by atoms with van der Waals surface area (Å²) in [5.41, 5.74) is 0. The molecular formula is C11H24O6Si. The Morgan fingerprint density at radius 3 is 1.94 bits per heavy atom. The summed E-state index contributed by atoms with van der Waals surface area (Å²) in [6.45, 7) is 3.49. The van der Waals surface area contributed by atoms with Crippen molar-refractivity contribution in [2.24, 2.45) is 0 Å². The smallest absolute Gasteiger partial charge is 0.320 e. The zero-order valence-electron chi connectivity index (χ0n) is 11.2. The van der Waals surface area contributed by atoms with Gasteiger partial charge in [0.25, 0.3) is 0 Å². The molecule has 2 aliphatic heterocycles. The van der Waals surface area contributed by atoms with Gasteiger partial charge < -0.3 is 28.2 Å². The summed E-state index contributed by atoms with van der Waals surface area (Å²) in [6.07, 6.45) is 1.57. The molecule has 2 rings (SSSR count). The van der Waals surface area contributed by atoms with Gasteiger partial charge in [-0.3, -0.25) is 0 Å². The SMILES string of the molecule is C(OCC1CO1)C1CO1.CO[SiH](CCCO)OC. The summed E-state index contributed by atoms with van der Waals surface area (Å²) in [5.74, 6) is 0. The monoisotopic (exact) mass is 280 g/mol. The molecule has 2 unspecified atom stereocenters. The van der Waals surface area contributed by atoms with Crippen LogP contribution in [-0.4, -0.2) is 73.9 Å². The van der Waals surface area contributed by atoms with Crippen LogP contribution in [0, 0.1) is 0 Å². The minimum atomic E-state index is -1.37. The lowest BCUT2D eigenvalue weighted by atomic mass is 10.5. The molecule has 6 nitrogen and oxygen atoms in total. The van der Waals surface area contributed by atoms with Crippen molar-refractivity contribution in [2.45, 2.75) is 24.7 Å². The van der Waals surface area contributed by atoms with Crippen LogP contribution in [0.4, 0.5) is 0 Å². The molecule has 0 aliphatic carbocycles. The van der Waals surface area contributed by atoms with Gasteiger partial charge in [0, 0.05) is 20.8 Å². The third-order valence-electron chi connectivity index (χ3n) is 2.54. The van der Waals surface area contributed by atoms with Crippen LogP contribution < -0.4 is 0 Å². The van der Waals surface area contributed by atoms with E-state index in [0.29, 0.717) is 12.2 Å². The lowest BCUT2D eigenvalue weighted by Gasteiger charge is -2.08. The van der Waals surface area contributed by atoms with Gasteiger partial charge in [-0.15, -0.1) is 0 Å². The maximum atomic E-state index is 8.42. The molecule has 2 aliphatic rings. The van der Waals surface area contributed by atoms with Crippen molar-refractivity contribution in [2.75, 3.05) is 47.3 Å². The van der Waals surface area contributed by atoms with Gasteiger partial charge >= 0.3 is 9.28 Å². The number of aliphatic hydroxyl groups excluding tert-OH is 1. The standard InChI is InChI=1S/C6H10O3.C5H14O3Si/c1(5-3-8-5)7-2-6-4-9-6;1-7-9(8-2)5-3-4-6/h5-6H,1-4H2;6,9H,3-5H2,1-2H3. The Labute approximate surface area is 110 Å². The summed E-state index contributed by atoms with van der Waals surface area (Å²) >= 11 is 0. The van der Waals surface area contributed by atoms with Gasteiger partial charge in [-0.2, -0.15) is 0 Å². The Morgan fingerprint density at radius 1 is 1.11 bits per heavy atom. The maximum Gasteiger partial charge on any atom is 0.320 e. The van der Waals surface area contributed by atoms with Gasteiger partial charge in [0.2, 0.25) is 0 Å². The Bertz CT molecular complexity index is 182. The summed E-state index contributed by atoms with van der Waals surface area (Å²) in [4.78, 5) is 0. The first-order valence-corrected chi connectivity index (χ1v) is 8.03. The van der Waals surface area contributed by atoms with E-state index in [-0.39, 0.29) is 6.61 Å². The molecule has 108 valence electrons. The molecule has 1 N–H and O–H groups in total. The number of rotatable bonds is 9. The van der Waals surface area contributed by atoms with E-state index in [1.807, 2.05) is 0 Å². The minimum Gasteiger partial charge on any atom is -0.400 e. The molecule has 0 aromatic rings. The average Bonchev–Trinajstić information content (AvgIpc) is 3.26. The van der Waals surface area contributed by atoms with Crippen molar-refractivity contribution in [3.05, 3.63) is 0 Å². The Balaban J connectivity index is 0.000000180. The van der Waals surface area contributed by atoms with Crippen molar-refractivity contribution in [1.82, 2.24) is 0 Å². The van der Waals surface area contributed by atoms with E-state index in [9.17, 15) is 0 Å². The van der Waals surface area contributed by atoms with Crippen LogP contribution in [0.15, 0.2) is 0 Å². The van der Waals surface area contributed by atoms with Crippen molar-refractivity contribution in [1.29, 1.82) is 0 Å². The average molecular weight is 280 g/mol. The lowest BCUT2D eigenvalue weighted by molar-refractivity contribution is 0.102. The van der Waals surface area contributed by atoms with Gasteiger partial charge in [0.15, 0.2) is 0 Å². The summed E-state index contributed by atoms with van der Waals surface area (Å²) < 4.78 is 25.1. The number of hydrogen-bond donors (Lipinski definition) is 1. The van der Waals surface area contributed by atoms with E-state index in [1.54, 1.807) is 14.2 Å². The second kappa shape index (κ2) is 9.85. The van der Waals surface area contributed by atoms with E-state index in [1.165, 1.54) is 0 Å². The number of aliphatic hydroxyl groups is 1. The predicted octanol–water partition coefficient (Wildman–Crippen LogP) is -0.317. The molecule has 0 bridgehead atoms. The van der Waals surface area contributed by atoms with Gasteiger partial charge in [0.1, 0.15) is 12.2 Å². The van der Waals surface area contributed by atoms with Crippen LogP contribution in [0.25, 0.3) is 0 Å². The van der Waals surface area contributed by atoms with Crippen molar-refractivity contribution in [3.8, 4) is 0 Å². The molecule has 0 spiro atoms. The third-order valence-corrected chi connectivity index (χ3v) is 4.47. The quantitative estimate of drug-likeness (QED) is 0.461. The van der Waals surface area contributed by atoms with E-state index in [0.717, 1.165) is 38.9 Å². The molecule has 0 aromatic carbocycles. The highest BCUT2D eigenvalue weighted by Crippen LogP contribution is 2.12. The van der Waals surface area contributed by atoms with Crippen LogP contribution in [0.5, 0.6) is 0 Å². The van der Waals surface area contributed by atoms with Crippen LogP contribution in [0.2, 0.25) is 6.04 Å². The van der Waals surface area contributed by atoms with Crippen LogP contribution in [0.3, 0.4) is 0 Å². The summed E-state index contributed by atoms with van der Waals surface area (Å²) in [7, 11) is 1.93. The van der Waals surface area contributed by atoms with Crippen molar-refractivity contribution < 1.29 is 28.2 Å². The van der Waals surface area contributed by atoms with Crippen molar-refractivity contribution >= 4 is 9.28 Å². The second-order valence-electron chi connectivity index (χ2n) is 4.21. The van der Waals surface area contributed by atoms with Crippen LogP contribution in [0.1, 0.15) is 6.42 Å². The fourth-order valence-electron chi connectivity index (χ4n) is 1.25. The fourth-order valence-corrected chi connectivity index (χ4v) is 2.43. The third kappa shape index (κ3) is 8.98. The topological polar surface area (TPSA) is 73.0 Å². The van der Waals surface area contributed by atoms with Crippen molar-refractivity contribution in [3.63, 3.8) is 0 Å². The predicted molar refractivity (Wildman–Crippen MR) is 68.0 cm³/mol. The van der Waals surface area contributed by atoms with Crippen LogP contribution in [-0.2, 0) is 23.1 Å². The zero-order valence-corrected chi connectivity index (χ0v) is 12.3. The fraction of sp³-hybridized carbons (Fsp3) is 1.00. The van der Waals surface area contributed by atoms with Crippen LogP contribution >= 0.6 is 0 Å². The van der Waals surface area contributed by atoms with E-state index in [4.69, 9.17) is 28.2 Å². The first-order chi connectivity index (χ1) is 8.80. The summed E-state index contributed by atoms with van der Waals surface area (Å²) in [6, 6.07) is 0.892. The maximum absolute atomic E-state index is 8.42.